The molecule has 0 spiro atoms. The van der Waals surface area contributed by atoms with Gasteiger partial charge in [0.1, 0.15) is 0 Å². The molecule has 1 N–H and O–H groups in total. The van der Waals surface area contributed by atoms with E-state index in [1.165, 1.54) is 5.56 Å². The van der Waals surface area contributed by atoms with E-state index in [4.69, 9.17) is 0 Å². The Labute approximate surface area is 161 Å². The number of rotatable bonds is 8. The van der Waals surface area contributed by atoms with E-state index in [1.807, 2.05) is 25.1 Å². The number of carbonyl (C=O) groups is 2. The van der Waals surface area contributed by atoms with Gasteiger partial charge in [-0.15, -0.1) is 0 Å². The first-order valence-corrected chi connectivity index (χ1v) is 11.6. The van der Waals surface area contributed by atoms with E-state index in [-0.39, 0.29) is 41.2 Å². The molecule has 6 nitrogen and oxygen atoms in total. The van der Waals surface area contributed by atoms with Crippen molar-refractivity contribution in [3.05, 3.63) is 35.9 Å². The van der Waals surface area contributed by atoms with Gasteiger partial charge in [-0.05, 0) is 38.2 Å². The number of carbonyl (C=O) groups excluding carboxylic acids is 2. The Hall–Kier alpha value is -1.89. The van der Waals surface area contributed by atoms with Crippen molar-refractivity contribution in [2.24, 2.45) is 11.8 Å². The summed E-state index contributed by atoms with van der Waals surface area (Å²) in [7, 11) is -3.03. The second kappa shape index (κ2) is 8.42. The minimum absolute atomic E-state index is 0.0512. The van der Waals surface area contributed by atoms with Gasteiger partial charge in [-0.2, -0.15) is 0 Å². The number of nitrogens with zero attached hydrogens (tertiary/aromatic N) is 1. The van der Waals surface area contributed by atoms with Crippen LogP contribution in [0.4, 0.5) is 0 Å². The Morgan fingerprint density at radius 1 is 1.19 bits per heavy atom. The lowest BCUT2D eigenvalue weighted by molar-refractivity contribution is -0.136. The predicted octanol–water partition coefficient (Wildman–Crippen LogP) is 1.41. The number of hydrogen-bond donors (Lipinski definition) is 1. The summed E-state index contributed by atoms with van der Waals surface area (Å²) >= 11 is 0. The van der Waals surface area contributed by atoms with Crippen LogP contribution in [0.15, 0.2) is 30.3 Å². The van der Waals surface area contributed by atoms with Crippen molar-refractivity contribution in [1.82, 2.24) is 10.2 Å². The van der Waals surface area contributed by atoms with Gasteiger partial charge in [0, 0.05) is 19.1 Å². The number of nitrogens with one attached hydrogen (secondary N) is 1. The van der Waals surface area contributed by atoms with Crippen molar-refractivity contribution in [1.29, 1.82) is 0 Å². The Balaban J connectivity index is 1.42. The smallest absolute Gasteiger partial charge is 0.226 e. The summed E-state index contributed by atoms with van der Waals surface area (Å²) in [6, 6.07) is 9.89. The molecule has 3 unspecified atom stereocenters. The van der Waals surface area contributed by atoms with E-state index < -0.39 is 9.84 Å². The standard InChI is InChI=1S/C20H28N2O4S/c1-2-22(16-10-12-27(25,26)14-16)20(24)18-13-17(18)19(23)21-11-6-9-15-7-4-3-5-8-15/h3-5,7-8,16-18H,2,6,9-14H2,1H3,(H,21,23). The lowest BCUT2D eigenvalue weighted by Gasteiger charge is -2.27. The van der Waals surface area contributed by atoms with Crippen LogP contribution in [0.1, 0.15) is 31.7 Å². The molecule has 1 saturated carbocycles. The Morgan fingerprint density at radius 2 is 1.93 bits per heavy atom. The average molecular weight is 393 g/mol. The molecular formula is C20H28N2O4S. The molecular weight excluding hydrogens is 364 g/mol. The van der Waals surface area contributed by atoms with Gasteiger partial charge in [0.15, 0.2) is 9.84 Å². The third kappa shape index (κ3) is 5.09. The zero-order valence-electron chi connectivity index (χ0n) is 15.8. The molecule has 0 aromatic heterocycles. The van der Waals surface area contributed by atoms with Gasteiger partial charge in [-0.25, -0.2) is 8.42 Å². The van der Waals surface area contributed by atoms with Gasteiger partial charge in [0.2, 0.25) is 11.8 Å². The third-order valence-electron chi connectivity index (χ3n) is 5.50. The van der Waals surface area contributed by atoms with Crippen molar-refractivity contribution in [3.63, 3.8) is 0 Å². The fourth-order valence-corrected chi connectivity index (χ4v) is 5.60. The van der Waals surface area contributed by atoms with Crippen LogP contribution in [0.25, 0.3) is 0 Å². The van der Waals surface area contributed by atoms with Crippen LogP contribution < -0.4 is 5.32 Å². The predicted molar refractivity (Wildman–Crippen MR) is 104 cm³/mol. The molecule has 3 atom stereocenters. The van der Waals surface area contributed by atoms with Crippen LogP contribution in [0.2, 0.25) is 0 Å². The molecule has 1 aliphatic heterocycles. The quantitative estimate of drug-likeness (QED) is 0.678. The van der Waals surface area contributed by atoms with Crippen LogP contribution in [0.3, 0.4) is 0 Å². The molecule has 1 aliphatic carbocycles. The van der Waals surface area contributed by atoms with Crippen LogP contribution in [-0.4, -0.2) is 55.8 Å². The highest BCUT2D eigenvalue weighted by Crippen LogP contribution is 2.41. The Kier molecular flexibility index (Phi) is 6.19. The first-order chi connectivity index (χ1) is 12.9. The second-order valence-electron chi connectivity index (χ2n) is 7.51. The Bertz CT molecular complexity index is 778. The average Bonchev–Trinajstić information content (AvgIpc) is 3.38. The molecule has 148 valence electrons. The van der Waals surface area contributed by atoms with E-state index in [0.717, 1.165) is 12.8 Å². The van der Waals surface area contributed by atoms with Crippen molar-refractivity contribution in [3.8, 4) is 0 Å². The van der Waals surface area contributed by atoms with Gasteiger partial charge < -0.3 is 10.2 Å². The number of aryl methyl sites for hydroxylation is 1. The van der Waals surface area contributed by atoms with E-state index in [1.54, 1.807) is 4.90 Å². The zero-order chi connectivity index (χ0) is 19.4. The van der Waals surface area contributed by atoms with Crippen LogP contribution in [0, 0.1) is 11.8 Å². The van der Waals surface area contributed by atoms with Gasteiger partial charge in [0.05, 0.1) is 23.3 Å². The first-order valence-electron chi connectivity index (χ1n) is 9.74. The molecule has 1 saturated heterocycles. The molecule has 7 heteroatoms. The highest BCUT2D eigenvalue weighted by molar-refractivity contribution is 7.91. The van der Waals surface area contributed by atoms with Crippen molar-refractivity contribution in [2.45, 2.75) is 38.6 Å². The van der Waals surface area contributed by atoms with E-state index >= 15 is 0 Å². The van der Waals surface area contributed by atoms with Crippen molar-refractivity contribution < 1.29 is 18.0 Å². The maximum absolute atomic E-state index is 12.7. The maximum Gasteiger partial charge on any atom is 0.226 e. The fourth-order valence-electron chi connectivity index (χ4n) is 3.87. The molecule has 2 amide bonds. The number of sulfone groups is 1. The molecule has 27 heavy (non-hydrogen) atoms. The second-order valence-corrected chi connectivity index (χ2v) is 9.74. The minimum Gasteiger partial charge on any atom is -0.356 e. The number of hydrogen-bond acceptors (Lipinski definition) is 4. The largest absolute Gasteiger partial charge is 0.356 e. The maximum atomic E-state index is 12.7. The van der Waals surface area contributed by atoms with E-state index in [0.29, 0.717) is 25.9 Å². The summed E-state index contributed by atoms with van der Waals surface area (Å²) in [5, 5.41) is 2.93. The van der Waals surface area contributed by atoms with Crippen LogP contribution in [0.5, 0.6) is 0 Å². The Morgan fingerprint density at radius 3 is 2.56 bits per heavy atom. The highest BCUT2D eigenvalue weighted by Gasteiger charge is 2.50. The summed E-state index contributed by atoms with van der Waals surface area (Å²) in [5.74, 6) is -0.475. The van der Waals surface area contributed by atoms with Crippen LogP contribution >= 0.6 is 0 Å². The molecule has 2 aliphatic rings. The van der Waals surface area contributed by atoms with E-state index in [2.05, 4.69) is 17.4 Å². The molecule has 0 bridgehead atoms. The van der Waals surface area contributed by atoms with Gasteiger partial charge in [0.25, 0.3) is 0 Å². The zero-order valence-corrected chi connectivity index (χ0v) is 16.6. The monoisotopic (exact) mass is 392 g/mol. The summed E-state index contributed by atoms with van der Waals surface area (Å²) in [6.07, 6.45) is 2.85. The summed E-state index contributed by atoms with van der Waals surface area (Å²) in [6.45, 7) is 2.95. The highest BCUT2D eigenvalue weighted by atomic mass is 32.2. The van der Waals surface area contributed by atoms with E-state index in [9.17, 15) is 18.0 Å². The number of amides is 2. The molecule has 1 aromatic carbocycles. The van der Waals surface area contributed by atoms with Gasteiger partial charge in [-0.3, -0.25) is 9.59 Å². The molecule has 2 fully saturated rings. The fraction of sp³-hybridized carbons (Fsp3) is 0.600. The van der Waals surface area contributed by atoms with Gasteiger partial charge >= 0.3 is 0 Å². The normalized spacial score (nSPS) is 25.7. The molecule has 0 radical (unpaired) electrons. The van der Waals surface area contributed by atoms with Crippen LogP contribution in [-0.2, 0) is 25.8 Å². The van der Waals surface area contributed by atoms with Crippen molar-refractivity contribution in [2.75, 3.05) is 24.6 Å². The molecule has 3 rings (SSSR count). The molecule has 1 heterocycles. The number of benzene rings is 1. The van der Waals surface area contributed by atoms with Crippen molar-refractivity contribution >= 4 is 21.7 Å². The molecule has 1 aromatic rings. The lowest BCUT2D eigenvalue weighted by Crippen LogP contribution is -2.42. The summed E-state index contributed by atoms with van der Waals surface area (Å²) in [4.78, 5) is 26.7. The van der Waals surface area contributed by atoms with Gasteiger partial charge in [-0.1, -0.05) is 30.3 Å². The third-order valence-corrected chi connectivity index (χ3v) is 7.25. The SMILES string of the molecule is CCN(C(=O)C1CC1C(=O)NCCCc1ccccc1)C1CCS(=O)(=O)C1. The summed E-state index contributed by atoms with van der Waals surface area (Å²) < 4.78 is 23.4. The minimum atomic E-state index is -3.03. The lowest BCUT2D eigenvalue weighted by atomic mass is 10.1. The first kappa shape index (κ1) is 19.9. The topological polar surface area (TPSA) is 83.6 Å². The summed E-state index contributed by atoms with van der Waals surface area (Å²) in [5.41, 5.74) is 1.25.